The molecule has 4 rings (SSSR count). The zero-order chi connectivity index (χ0) is 22.3. The fraction of sp³-hybridized carbons (Fsp3) is 0.480. The highest BCUT2D eigenvalue weighted by Crippen LogP contribution is 2.25. The number of hydrogen-bond acceptors (Lipinski definition) is 4. The fourth-order valence-electron chi connectivity index (χ4n) is 4.55. The summed E-state index contributed by atoms with van der Waals surface area (Å²) in [6.07, 6.45) is 3.82. The summed E-state index contributed by atoms with van der Waals surface area (Å²) in [6, 6.07) is 14.8. The molecule has 0 saturated carbocycles. The predicted octanol–water partition coefficient (Wildman–Crippen LogP) is 4.05. The van der Waals surface area contributed by atoms with E-state index in [1.54, 1.807) is 25.3 Å². The number of hydrogen-bond donors (Lipinski definition) is 1. The molecule has 0 radical (unpaired) electrons. The fourth-order valence-corrected chi connectivity index (χ4v) is 4.55. The van der Waals surface area contributed by atoms with Gasteiger partial charge in [-0.1, -0.05) is 24.3 Å². The maximum atomic E-state index is 13.8. The van der Waals surface area contributed by atoms with Gasteiger partial charge in [0.25, 0.3) is 0 Å². The van der Waals surface area contributed by atoms with E-state index < -0.39 is 0 Å². The van der Waals surface area contributed by atoms with Crippen molar-refractivity contribution in [1.82, 2.24) is 15.1 Å². The van der Waals surface area contributed by atoms with Crippen molar-refractivity contribution >= 4 is 6.03 Å². The van der Waals surface area contributed by atoms with Gasteiger partial charge in [0, 0.05) is 38.8 Å². The number of ether oxygens (including phenoxy) is 2. The third-order valence-corrected chi connectivity index (χ3v) is 6.48. The quantitative estimate of drug-likeness (QED) is 0.735. The number of nitrogens with zero attached hydrogens (tertiary/aromatic N) is 2. The first kappa shape index (κ1) is 22.4. The van der Waals surface area contributed by atoms with Crippen LogP contribution in [0.2, 0.25) is 0 Å². The second-order valence-corrected chi connectivity index (χ2v) is 8.51. The van der Waals surface area contributed by atoms with E-state index in [1.807, 2.05) is 29.2 Å². The van der Waals surface area contributed by atoms with Crippen molar-refractivity contribution in [2.45, 2.75) is 44.4 Å². The summed E-state index contributed by atoms with van der Waals surface area (Å²) in [5.41, 5.74) is 1.05. The average Bonchev–Trinajstić information content (AvgIpc) is 2.85. The third kappa shape index (κ3) is 5.71. The van der Waals surface area contributed by atoms with E-state index in [0.29, 0.717) is 18.3 Å². The van der Waals surface area contributed by atoms with Gasteiger partial charge in [-0.3, -0.25) is 4.90 Å². The van der Waals surface area contributed by atoms with E-state index in [1.165, 1.54) is 6.07 Å². The summed E-state index contributed by atoms with van der Waals surface area (Å²) in [4.78, 5) is 17.0. The van der Waals surface area contributed by atoms with E-state index >= 15 is 0 Å². The number of nitrogens with one attached hydrogen (secondary N) is 1. The van der Waals surface area contributed by atoms with Crippen LogP contribution in [-0.4, -0.2) is 61.3 Å². The highest BCUT2D eigenvalue weighted by Gasteiger charge is 2.30. The minimum absolute atomic E-state index is 0.00346. The molecule has 2 saturated heterocycles. The van der Waals surface area contributed by atoms with Crippen LogP contribution in [0.3, 0.4) is 0 Å². The van der Waals surface area contributed by atoms with Crippen LogP contribution in [-0.2, 0) is 6.54 Å². The standard InChI is InChI=1S/C25H32FN3O3/c1-31-21-8-6-19(7-9-21)18-27-25(30)29-14-10-20(11-15-29)28-16-12-22(13-17-28)32-24-5-3-2-4-23(24)26/h2-9,20,22H,10-18H2,1H3,(H,27,30). The first-order valence-corrected chi connectivity index (χ1v) is 11.4. The van der Waals surface area contributed by atoms with Crippen molar-refractivity contribution < 1.29 is 18.7 Å². The lowest BCUT2D eigenvalue weighted by atomic mass is 9.99. The molecule has 2 fully saturated rings. The van der Waals surface area contributed by atoms with Gasteiger partial charge in [0.05, 0.1) is 7.11 Å². The second kappa shape index (κ2) is 10.7. The Kier molecular flexibility index (Phi) is 7.47. The van der Waals surface area contributed by atoms with Crippen LogP contribution in [0.4, 0.5) is 9.18 Å². The number of likely N-dealkylation sites (tertiary alicyclic amines) is 2. The number of piperidine rings is 2. The molecule has 2 amide bonds. The van der Waals surface area contributed by atoms with Crippen molar-refractivity contribution in [1.29, 1.82) is 0 Å². The van der Waals surface area contributed by atoms with E-state index in [4.69, 9.17) is 9.47 Å². The third-order valence-electron chi connectivity index (χ3n) is 6.48. The summed E-state index contributed by atoms with van der Waals surface area (Å²) < 4.78 is 24.9. The number of carbonyl (C=O) groups is 1. The molecule has 6 nitrogen and oxygen atoms in total. The summed E-state index contributed by atoms with van der Waals surface area (Å²) in [5, 5.41) is 3.02. The van der Waals surface area contributed by atoms with Crippen molar-refractivity contribution in [2.24, 2.45) is 0 Å². The minimum Gasteiger partial charge on any atom is -0.497 e. The number of methoxy groups -OCH3 is 1. The van der Waals surface area contributed by atoms with Gasteiger partial charge in [0.15, 0.2) is 11.6 Å². The van der Waals surface area contributed by atoms with Crippen LogP contribution < -0.4 is 14.8 Å². The van der Waals surface area contributed by atoms with Crippen LogP contribution in [0.15, 0.2) is 48.5 Å². The van der Waals surface area contributed by atoms with E-state index in [2.05, 4.69) is 10.2 Å². The minimum atomic E-state index is -0.299. The van der Waals surface area contributed by atoms with Crippen LogP contribution in [0, 0.1) is 5.82 Å². The first-order valence-electron chi connectivity index (χ1n) is 11.4. The predicted molar refractivity (Wildman–Crippen MR) is 121 cm³/mol. The van der Waals surface area contributed by atoms with E-state index in [0.717, 1.165) is 63.2 Å². The van der Waals surface area contributed by atoms with Crippen molar-refractivity contribution in [3.8, 4) is 11.5 Å². The van der Waals surface area contributed by atoms with Gasteiger partial charge < -0.3 is 19.7 Å². The Labute approximate surface area is 189 Å². The molecule has 172 valence electrons. The van der Waals surface area contributed by atoms with Crippen molar-refractivity contribution in [3.63, 3.8) is 0 Å². The summed E-state index contributed by atoms with van der Waals surface area (Å²) in [5.74, 6) is 0.859. The monoisotopic (exact) mass is 441 g/mol. The molecule has 2 aromatic carbocycles. The lowest BCUT2D eigenvalue weighted by Gasteiger charge is -2.41. The van der Waals surface area contributed by atoms with Gasteiger partial charge in [0.1, 0.15) is 11.9 Å². The summed E-state index contributed by atoms with van der Waals surface area (Å²) in [6.45, 7) is 3.95. The molecule has 0 aromatic heterocycles. The number of amides is 2. The van der Waals surface area contributed by atoms with Crippen molar-refractivity contribution in [2.75, 3.05) is 33.3 Å². The molecule has 0 atom stereocenters. The van der Waals surface area contributed by atoms with Crippen LogP contribution in [0.5, 0.6) is 11.5 Å². The molecule has 32 heavy (non-hydrogen) atoms. The number of rotatable bonds is 6. The van der Waals surface area contributed by atoms with Gasteiger partial charge in [0.2, 0.25) is 0 Å². The summed E-state index contributed by atoms with van der Waals surface area (Å²) >= 11 is 0. The highest BCUT2D eigenvalue weighted by atomic mass is 19.1. The summed E-state index contributed by atoms with van der Waals surface area (Å²) in [7, 11) is 1.64. The molecule has 0 bridgehead atoms. The molecule has 0 spiro atoms. The Balaban J connectivity index is 1.17. The van der Waals surface area contributed by atoms with Gasteiger partial charge in [-0.15, -0.1) is 0 Å². The molecule has 0 aliphatic carbocycles. The molecule has 7 heteroatoms. The first-order chi connectivity index (χ1) is 15.6. The molecule has 2 aliphatic rings. The lowest BCUT2D eigenvalue weighted by Crippen LogP contribution is -2.51. The zero-order valence-corrected chi connectivity index (χ0v) is 18.6. The zero-order valence-electron chi connectivity index (χ0n) is 18.6. The molecular weight excluding hydrogens is 409 g/mol. The Morgan fingerprint density at radius 1 is 1.00 bits per heavy atom. The molecule has 2 aromatic rings. The Morgan fingerprint density at radius 2 is 1.69 bits per heavy atom. The Morgan fingerprint density at radius 3 is 2.34 bits per heavy atom. The van der Waals surface area contributed by atoms with Crippen molar-refractivity contribution in [3.05, 3.63) is 59.9 Å². The maximum absolute atomic E-state index is 13.8. The van der Waals surface area contributed by atoms with Crippen LogP contribution in [0.25, 0.3) is 0 Å². The number of benzene rings is 2. The lowest BCUT2D eigenvalue weighted by molar-refractivity contribution is 0.0520. The second-order valence-electron chi connectivity index (χ2n) is 8.51. The van der Waals surface area contributed by atoms with Gasteiger partial charge in [-0.25, -0.2) is 9.18 Å². The average molecular weight is 442 g/mol. The molecule has 0 unspecified atom stereocenters. The molecule has 2 aliphatic heterocycles. The van der Waals surface area contributed by atoms with Crippen LogP contribution >= 0.6 is 0 Å². The smallest absolute Gasteiger partial charge is 0.317 e. The molecular formula is C25H32FN3O3. The van der Waals surface area contributed by atoms with Gasteiger partial charge >= 0.3 is 6.03 Å². The number of urea groups is 1. The number of halogens is 1. The number of carbonyl (C=O) groups excluding carboxylic acids is 1. The largest absolute Gasteiger partial charge is 0.497 e. The van der Waals surface area contributed by atoms with Gasteiger partial charge in [-0.05, 0) is 55.5 Å². The molecule has 1 N–H and O–H groups in total. The normalized spacial score (nSPS) is 18.4. The maximum Gasteiger partial charge on any atom is 0.317 e. The Hall–Kier alpha value is -2.80. The van der Waals surface area contributed by atoms with E-state index in [-0.39, 0.29) is 18.0 Å². The highest BCUT2D eigenvalue weighted by molar-refractivity contribution is 5.74. The SMILES string of the molecule is COc1ccc(CNC(=O)N2CCC(N3CCC(Oc4ccccc4F)CC3)CC2)cc1. The topological polar surface area (TPSA) is 54.0 Å². The number of para-hydroxylation sites is 1. The Bertz CT molecular complexity index is 876. The van der Waals surface area contributed by atoms with Crippen LogP contribution in [0.1, 0.15) is 31.2 Å². The van der Waals surface area contributed by atoms with E-state index in [9.17, 15) is 9.18 Å². The molecule has 2 heterocycles. The van der Waals surface area contributed by atoms with Gasteiger partial charge in [-0.2, -0.15) is 0 Å².